The highest BCUT2D eigenvalue weighted by molar-refractivity contribution is 5.91. The van der Waals surface area contributed by atoms with Crippen molar-refractivity contribution in [3.63, 3.8) is 0 Å². The number of hydrogen-bond acceptors (Lipinski definition) is 1. The van der Waals surface area contributed by atoms with E-state index in [0.29, 0.717) is 0 Å². The monoisotopic (exact) mass is 639 g/mol. The van der Waals surface area contributed by atoms with E-state index in [9.17, 15) is 0 Å². The van der Waals surface area contributed by atoms with E-state index in [1.807, 2.05) is 0 Å². The molecule has 50 heavy (non-hydrogen) atoms. The van der Waals surface area contributed by atoms with Crippen LogP contribution in [-0.2, 0) is 5.41 Å². The van der Waals surface area contributed by atoms with Gasteiger partial charge in [-0.2, -0.15) is 0 Å². The third kappa shape index (κ3) is 5.19. The summed E-state index contributed by atoms with van der Waals surface area (Å²) in [4.78, 5) is 2.39. The SMILES string of the molecule is CC1(C)c2ccccc2-c2ccc(N(c3ccc(-c4ccccc4)cc3)c3ccc(-c4ccc5cc(-c6ccccc6)ccc5c4)cc3)cc21. The van der Waals surface area contributed by atoms with Crippen LogP contribution in [0.3, 0.4) is 0 Å². The van der Waals surface area contributed by atoms with Crippen molar-refractivity contribution >= 4 is 27.8 Å². The Kier molecular flexibility index (Phi) is 7.21. The van der Waals surface area contributed by atoms with Crippen LogP contribution in [0.15, 0.2) is 188 Å². The van der Waals surface area contributed by atoms with Crippen LogP contribution in [0.4, 0.5) is 17.1 Å². The van der Waals surface area contributed by atoms with Crippen LogP contribution in [0.2, 0.25) is 0 Å². The Morgan fingerprint density at radius 2 is 0.740 bits per heavy atom. The number of hydrogen-bond donors (Lipinski definition) is 0. The molecular weight excluding hydrogens is 603 g/mol. The molecule has 0 unspecified atom stereocenters. The molecule has 0 saturated heterocycles. The van der Waals surface area contributed by atoms with Gasteiger partial charge in [-0.3, -0.25) is 0 Å². The van der Waals surface area contributed by atoms with Gasteiger partial charge in [0.05, 0.1) is 0 Å². The molecule has 1 heteroatoms. The Bertz CT molecular complexity index is 2470. The van der Waals surface area contributed by atoms with Crippen LogP contribution in [0.5, 0.6) is 0 Å². The highest BCUT2D eigenvalue weighted by Crippen LogP contribution is 2.50. The first-order valence-electron chi connectivity index (χ1n) is 17.4. The minimum absolute atomic E-state index is 0.0768. The summed E-state index contributed by atoms with van der Waals surface area (Å²) in [7, 11) is 0. The van der Waals surface area contributed by atoms with Crippen molar-refractivity contribution in [2.24, 2.45) is 0 Å². The first-order chi connectivity index (χ1) is 24.5. The molecule has 1 aliphatic rings. The summed E-state index contributed by atoms with van der Waals surface area (Å²) in [5.41, 5.74) is 16.1. The summed E-state index contributed by atoms with van der Waals surface area (Å²) in [6.07, 6.45) is 0. The molecule has 0 spiro atoms. The smallest absolute Gasteiger partial charge is 0.0465 e. The Labute approximate surface area is 294 Å². The van der Waals surface area contributed by atoms with E-state index >= 15 is 0 Å². The molecule has 0 heterocycles. The van der Waals surface area contributed by atoms with Gasteiger partial charge < -0.3 is 4.90 Å². The van der Waals surface area contributed by atoms with Gasteiger partial charge in [-0.15, -0.1) is 0 Å². The first-order valence-corrected chi connectivity index (χ1v) is 17.4. The summed E-state index contributed by atoms with van der Waals surface area (Å²) < 4.78 is 0. The Hall–Kier alpha value is -6.18. The Balaban J connectivity index is 1.09. The van der Waals surface area contributed by atoms with Gasteiger partial charge in [0, 0.05) is 22.5 Å². The van der Waals surface area contributed by atoms with Crippen molar-refractivity contribution in [3.05, 3.63) is 199 Å². The van der Waals surface area contributed by atoms with Gasteiger partial charge in [-0.25, -0.2) is 0 Å². The molecule has 0 fully saturated rings. The maximum atomic E-state index is 2.40. The largest absolute Gasteiger partial charge is 0.310 e. The standard InChI is InChI=1S/C49H37N/c1-49(2)47-16-10-9-15-45(47)46-30-29-44(33-48(46)49)50(42-25-21-36(22-26-42)34-11-5-3-6-12-34)43-27-23-37(24-28-43)39-18-20-40-31-38(17-19-41(40)32-39)35-13-7-4-8-14-35/h3-33H,1-2H3. The molecule has 0 radical (unpaired) electrons. The van der Waals surface area contributed by atoms with Crippen molar-refractivity contribution in [3.8, 4) is 44.5 Å². The highest BCUT2D eigenvalue weighted by Gasteiger charge is 2.35. The van der Waals surface area contributed by atoms with Crippen molar-refractivity contribution < 1.29 is 0 Å². The molecule has 0 N–H and O–H groups in total. The zero-order valence-corrected chi connectivity index (χ0v) is 28.3. The third-order valence-corrected chi connectivity index (χ3v) is 10.5. The molecule has 238 valence electrons. The summed E-state index contributed by atoms with van der Waals surface area (Å²) in [5.74, 6) is 0. The lowest BCUT2D eigenvalue weighted by molar-refractivity contribution is 0.660. The van der Waals surface area contributed by atoms with E-state index in [1.165, 1.54) is 66.4 Å². The number of rotatable bonds is 6. The van der Waals surface area contributed by atoms with E-state index in [2.05, 4.69) is 207 Å². The molecular formula is C49H37N. The van der Waals surface area contributed by atoms with Crippen LogP contribution >= 0.6 is 0 Å². The lowest BCUT2D eigenvalue weighted by Crippen LogP contribution is -2.16. The molecule has 1 aliphatic carbocycles. The normalized spacial score (nSPS) is 12.8. The lowest BCUT2D eigenvalue weighted by atomic mass is 9.82. The predicted molar refractivity (Wildman–Crippen MR) is 213 cm³/mol. The van der Waals surface area contributed by atoms with Gasteiger partial charge in [0.25, 0.3) is 0 Å². The molecule has 0 bridgehead atoms. The maximum Gasteiger partial charge on any atom is 0.0465 e. The van der Waals surface area contributed by atoms with E-state index in [1.54, 1.807) is 0 Å². The van der Waals surface area contributed by atoms with Gasteiger partial charge in [-0.05, 0) is 115 Å². The third-order valence-electron chi connectivity index (χ3n) is 10.5. The van der Waals surface area contributed by atoms with E-state index in [0.717, 1.165) is 17.1 Å². The quantitative estimate of drug-likeness (QED) is 0.175. The number of benzene rings is 8. The molecule has 0 aliphatic heterocycles. The second-order valence-electron chi connectivity index (χ2n) is 13.8. The average molecular weight is 640 g/mol. The van der Waals surface area contributed by atoms with Crippen LogP contribution in [0, 0.1) is 0 Å². The molecule has 1 nitrogen and oxygen atoms in total. The number of anilines is 3. The molecule has 9 rings (SSSR count). The van der Waals surface area contributed by atoms with Crippen LogP contribution in [0.1, 0.15) is 25.0 Å². The fraction of sp³-hybridized carbons (Fsp3) is 0.0612. The summed E-state index contributed by atoms with van der Waals surface area (Å²) >= 11 is 0. The molecule has 0 aromatic heterocycles. The zero-order chi connectivity index (χ0) is 33.7. The molecule has 8 aromatic carbocycles. The maximum absolute atomic E-state index is 2.40. The second-order valence-corrected chi connectivity index (χ2v) is 13.8. The van der Waals surface area contributed by atoms with Gasteiger partial charge >= 0.3 is 0 Å². The van der Waals surface area contributed by atoms with Crippen LogP contribution < -0.4 is 4.90 Å². The van der Waals surface area contributed by atoms with Gasteiger partial charge in [0.1, 0.15) is 0 Å². The highest BCUT2D eigenvalue weighted by atomic mass is 15.1. The van der Waals surface area contributed by atoms with Gasteiger partial charge in [-0.1, -0.05) is 153 Å². The van der Waals surface area contributed by atoms with Crippen molar-refractivity contribution in [1.29, 1.82) is 0 Å². The first kappa shape index (κ1) is 29.9. The zero-order valence-electron chi connectivity index (χ0n) is 28.3. The summed E-state index contributed by atoms with van der Waals surface area (Å²) in [5, 5.41) is 2.49. The number of fused-ring (bicyclic) bond motifs is 4. The minimum Gasteiger partial charge on any atom is -0.310 e. The predicted octanol–water partition coefficient (Wildman–Crippen LogP) is 13.6. The average Bonchev–Trinajstić information content (AvgIpc) is 3.41. The Morgan fingerprint density at radius 1 is 0.320 bits per heavy atom. The van der Waals surface area contributed by atoms with Gasteiger partial charge in [0.15, 0.2) is 0 Å². The molecule has 0 saturated carbocycles. The van der Waals surface area contributed by atoms with Crippen LogP contribution in [-0.4, -0.2) is 0 Å². The summed E-state index contributed by atoms with van der Waals surface area (Å²) in [6.45, 7) is 4.70. The van der Waals surface area contributed by atoms with E-state index in [4.69, 9.17) is 0 Å². The Morgan fingerprint density at radius 3 is 1.32 bits per heavy atom. The lowest BCUT2D eigenvalue weighted by Gasteiger charge is -2.28. The van der Waals surface area contributed by atoms with Crippen molar-refractivity contribution in [2.75, 3.05) is 4.90 Å². The van der Waals surface area contributed by atoms with Gasteiger partial charge in [0.2, 0.25) is 0 Å². The number of nitrogens with zero attached hydrogens (tertiary/aromatic N) is 1. The fourth-order valence-electron chi connectivity index (χ4n) is 7.75. The molecule has 0 atom stereocenters. The molecule has 0 amide bonds. The second kappa shape index (κ2) is 12.1. The summed E-state index contributed by atoms with van der Waals surface area (Å²) in [6, 6.07) is 68.6. The van der Waals surface area contributed by atoms with E-state index < -0.39 is 0 Å². The topological polar surface area (TPSA) is 3.24 Å². The minimum atomic E-state index is -0.0768. The molecule has 8 aromatic rings. The van der Waals surface area contributed by atoms with E-state index in [-0.39, 0.29) is 5.41 Å². The van der Waals surface area contributed by atoms with Crippen molar-refractivity contribution in [2.45, 2.75) is 19.3 Å². The van der Waals surface area contributed by atoms with Crippen molar-refractivity contribution in [1.82, 2.24) is 0 Å². The van der Waals surface area contributed by atoms with Crippen LogP contribution in [0.25, 0.3) is 55.3 Å². The fourth-order valence-corrected chi connectivity index (χ4v) is 7.75.